The van der Waals surface area contributed by atoms with Gasteiger partial charge >= 0.3 is 0 Å². The summed E-state index contributed by atoms with van der Waals surface area (Å²) in [5.41, 5.74) is 8.41. The SMILES string of the molecule is Nc1c(-c2nnc(SCC(=O)Nc3ccc(F)cc3)n2-c2ccccc2)sc2ncccc12. The normalized spacial score (nSPS) is 11.1. The molecule has 0 aliphatic rings. The zero-order valence-corrected chi connectivity index (χ0v) is 18.7. The highest BCUT2D eigenvalue weighted by molar-refractivity contribution is 7.99. The van der Waals surface area contributed by atoms with Crippen LogP contribution >= 0.6 is 23.1 Å². The monoisotopic (exact) mass is 476 g/mol. The topological polar surface area (TPSA) is 98.7 Å². The number of hydrogen-bond acceptors (Lipinski definition) is 7. The molecule has 0 unspecified atom stereocenters. The second-order valence-corrected chi connectivity index (χ2v) is 8.96. The number of nitrogens with one attached hydrogen (secondary N) is 1. The Bertz CT molecular complexity index is 1430. The highest BCUT2D eigenvalue weighted by atomic mass is 32.2. The Morgan fingerprint density at radius 2 is 1.85 bits per heavy atom. The Balaban J connectivity index is 1.46. The molecular formula is C23H17FN6OS2. The molecule has 0 radical (unpaired) electrons. The minimum Gasteiger partial charge on any atom is -0.397 e. The molecule has 5 aromatic rings. The van der Waals surface area contributed by atoms with Gasteiger partial charge in [0.2, 0.25) is 5.91 Å². The van der Waals surface area contributed by atoms with Gasteiger partial charge in [0.1, 0.15) is 10.6 Å². The molecule has 33 heavy (non-hydrogen) atoms. The van der Waals surface area contributed by atoms with Gasteiger partial charge in [-0.15, -0.1) is 21.5 Å². The maximum Gasteiger partial charge on any atom is 0.234 e. The molecule has 164 valence electrons. The van der Waals surface area contributed by atoms with Crippen molar-refractivity contribution in [1.29, 1.82) is 0 Å². The number of anilines is 2. The average molecular weight is 477 g/mol. The number of nitrogens with two attached hydrogens (primary N) is 1. The number of carbonyl (C=O) groups excluding carboxylic acids is 1. The quantitative estimate of drug-likeness (QED) is 0.335. The van der Waals surface area contributed by atoms with Crippen molar-refractivity contribution < 1.29 is 9.18 Å². The maximum absolute atomic E-state index is 13.1. The third kappa shape index (κ3) is 4.30. The smallest absolute Gasteiger partial charge is 0.234 e. The van der Waals surface area contributed by atoms with Gasteiger partial charge in [-0.25, -0.2) is 9.37 Å². The Labute approximate surface area is 196 Å². The number of carbonyl (C=O) groups is 1. The molecule has 3 heterocycles. The van der Waals surface area contributed by atoms with Crippen molar-refractivity contribution >= 4 is 50.6 Å². The van der Waals surface area contributed by atoms with Crippen molar-refractivity contribution in [2.45, 2.75) is 5.16 Å². The lowest BCUT2D eigenvalue weighted by Gasteiger charge is -2.10. The molecule has 0 fully saturated rings. The largest absolute Gasteiger partial charge is 0.397 e. The number of benzene rings is 2. The number of fused-ring (bicyclic) bond motifs is 1. The van der Waals surface area contributed by atoms with Crippen molar-refractivity contribution in [1.82, 2.24) is 19.7 Å². The van der Waals surface area contributed by atoms with Gasteiger partial charge < -0.3 is 11.1 Å². The van der Waals surface area contributed by atoms with E-state index in [2.05, 4.69) is 20.5 Å². The molecule has 0 saturated heterocycles. The molecule has 1 amide bonds. The average Bonchev–Trinajstić information content (AvgIpc) is 3.41. The van der Waals surface area contributed by atoms with E-state index in [9.17, 15) is 9.18 Å². The van der Waals surface area contributed by atoms with E-state index < -0.39 is 0 Å². The van der Waals surface area contributed by atoms with Gasteiger partial charge in [0.15, 0.2) is 11.0 Å². The first-order chi connectivity index (χ1) is 16.1. The van der Waals surface area contributed by atoms with Crippen LogP contribution in [-0.4, -0.2) is 31.4 Å². The predicted molar refractivity (Wildman–Crippen MR) is 130 cm³/mol. The Morgan fingerprint density at radius 3 is 2.61 bits per heavy atom. The number of aromatic nitrogens is 4. The first-order valence-corrected chi connectivity index (χ1v) is 11.7. The number of hydrogen-bond donors (Lipinski definition) is 2. The second-order valence-electron chi connectivity index (χ2n) is 7.02. The van der Waals surface area contributed by atoms with Crippen LogP contribution in [0.5, 0.6) is 0 Å². The van der Waals surface area contributed by atoms with Crippen LogP contribution in [0.4, 0.5) is 15.8 Å². The van der Waals surface area contributed by atoms with Crippen LogP contribution in [0.3, 0.4) is 0 Å². The number of nitrogens with zero attached hydrogens (tertiary/aromatic N) is 4. The van der Waals surface area contributed by atoms with E-state index in [1.54, 1.807) is 6.20 Å². The number of thioether (sulfide) groups is 1. The highest BCUT2D eigenvalue weighted by Crippen LogP contribution is 2.40. The fourth-order valence-electron chi connectivity index (χ4n) is 3.30. The molecule has 0 atom stereocenters. The van der Waals surface area contributed by atoms with Gasteiger partial charge in [-0.2, -0.15) is 0 Å². The summed E-state index contributed by atoms with van der Waals surface area (Å²) in [5.74, 6) is 0.0947. The van der Waals surface area contributed by atoms with Crippen LogP contribution in [0.2, 0.25) is 0 Å². The van der Waals surface area contributed by atoms with Crippen LogP contribution in [0, 0.1) is 5.82 Å². The zero-order chi connectivity index (χ0) is 22.8. The van der Waals surface area contributed by atoms with Crippen LogP contribution < -0.4 is 11.1 Å². The molecule has 5 rings (SSSR count). The maximum atomic E-state index is 13.1. The third-order valence-electron chi connectivity index (χ3n) is 4.82. The van der Waals surface area contributed by atoms with Crippen molar-refractivity contribution in [2.75, 3.05) is 16.8 Å². The molecule has 3 N–H and O–H groups in total. The molecule has 0 bridgehead atoms. The van der Waals surface area contributed by atoms with E-state index in [1.807, 2.05) is 47.0 Å². The van der Waals surface area contributed by atoms with Crippen LogP contribution in [0.1, 0.15) is 0 Å². The van der Waals surface area contributed by atoms with E-state index in [4.69, 9.17) is 5.73 Å². The van der Waals surface area contributed by atoms with E-state index in [-0.39, 0.29) is 17.5 Å². The minimum absolute atomic E-state index is 0.103. The standard InChI is InChI=1S/C23H17FN6OS2/c24-14-8-10-15(11-9-14)27-18(31)13-32-23-29-28-21(30(23)16-5-2-1-3-6-16)20-19(25)17-7-4-12-26-22(17)33-20/h1-12H,13,25H2,(H,27,31). The molecule has 2 aromatic carbocycles. The number of pyridine rings is 1. The van der Waals surface area contributed by atoms with Gasteiger partial charge in [0, 0.05) is 23.0 Å². The Kier molecular flexibility index (Phi) is 5.76. The molecule has 7 nitrogen and oxygen atoms in total. The second kappa shape index (κ2) is 9.00. The Morgan fingerprint density at radius 1 is 1.06 bits per heavy atom. The number of nitrogen functional groups attached to an aromatic ring is 1. The fraction of sp³-hybridized carbons (Fsp3) is 0.0435. The van der Waals surface area contributed by atoms with Crippen LogP contribution in [-0.2, 0) is 4.79 Å². The third-order valence-corrected chi connectivity index (χ3v) is 6.87. The van der Waals surface area contributed by atoms with E-state index in [1.165, 1.54) is 47.4 Å². The van der Waals surface area contributed by atoms with Gasteiger partial charge in [-0.05, 0) is 48.5 Å². The molecule has 0 spiro atoms. The summed E-state index contributed by atoms with van der Waals surface area (Å²) < 4.78 is 15.0. The fourth-order valence-corrected chi connectivity index (χ4v) is 5.09. The first-order valence-electron chi connectivity index (χ1n) is 9.92. The van der Waals surface area contributed by atoms with Gasteiger partial charge in [0.25, 0.3) is 0 Å². The number of rotatable bonds is 6. The van der Waals surface area contributed by atoms with Crippen molar-refractivity contribution in [3.63, 3.8) is 0 Å². The lowest BCUT2D eigenvalue weighted by molar-refractivity contribution is -0.113. The molecular weight excluding hydrogens is 459 g/mol. The molecule has 0 saturated carbocycles. The van der Waals surface area contributed by atoms with E-state index in [0.717, 1.165) is 20.8 Å². The number of para-hydroxylation sites is 1. The van der Waals surface area contributed by atoms with Crippen molar-refractivity contribution in [3.8, 4) is 16.4 Å². The number of amides is 1. The summed E-state index contributed by atoms with van der Waals surface area (Å²) in [4.78, 5) is 18.4. The number of halogens is 1. The molecule has 3 aromatic heterocycles. The molecule has 0 aliphatic carbocycles. The van der Waals surface area contributed by atoms with Gasteiger partial charge in [0.05, 0.1) is 16.3 Å². The minimum atomic E-state index is -0.360. The summed E-state index contributed by atoms with van der Waals surface area (Å²) >= 11 is 2.70. The summed E-state index contributed by atoms with van der Waals surface area (Å²) in [7, 11) is 0. The summed E-state index contributed by atoms with van der Waals surface area (Å²) in [6, 6.07) is 19.0. The van der Waals surface area contributed by atoms with E-state index >= 15 is 0 Å². The van der Waals surface area contributed by atoms with Crippen molar-refractivity contribution in [2.24, 2.45) is 0 Å². The van der Waals surface area contributed by atoms with Gasteiger partial charge in [-0.1, -0.05) is 30.0 Å². The van der Waals surface area contributed by atoms with Crippen LogP contribution in [0.15, 0.2) is 78.1 Å². The van der Waals surface area contributed by atoms with E-state index in [0.29, 0.717) is 22.4 Å². The summed E-state index contributed by atoms with van der Waals surface area (Å²) in [5, 5.41) is 12.9. The summed E-state index contributed by atoms with van der Waals surface area (Å²) in [6.45, 7) is 0. The highest BCUT2D eigenvalue weighted by Gasteiger charge is 2.22. The van der Waals surface area contributed by atoms with Crippen LogP contribution in [0.25, 0.3) is 26.6 Å². The van der Waals surface area contributed by atoms with Crippen molar-refractivity contribution in [3.05, 3.63) is 78.7 Å². The first kappa shape index (κ1) is 21.1. The number of thiophene rings is 1. The zero-order valence-electron chi connectivity index (χ0n) is 17.1. The van der Waals surface area contributed by atoms with Gasteiger partial charge in [-0.3, -0.25) is 9.36 Å². The summed E-state index contributed by atoms with van der Waals surface area (Å²) in [6.07, 6.45) is 1.73. The lowest BCUT2D eigenvalue weighted by Crippen LogP contribution is -2.14. The predicted octanol–water partition coefficient (Wildman–Crippen LogP) is 5.00. The molecule has 10 heteroatoms. The molecule has 0 aliphatic heterocycles. The lowest BCUT2D eigenvalue weighted by atomic mass is 10.2. The Hall–Kier alpha value is -3.76.